The molecular formula is C12H9BrClFN2O. The SMILES string of the molecule is COc1cc(F)cc(Nc2ncc(Br)cc2Cl)c1. The highest BCUT2D eigenvalue weighted by atomic mass is 79.9. The van der Waals surface area contributed by atoms with Gasteiger partial charge in [0.1, 0.15) is 17.4 Å². The van der Waals surface area contributed by atoms with E-state index in [2.05, 4.69) is 26.2 Å². The average Bonchev–Trinajstić information content (AvgIpc) is 2.32. The minimum Gasteiger partial charge on any atom is -0.497 e. The summed E-state index contributed by atoms with van der Waals surface area (Å²) in [5.41, 5.74) is 0.517. The van der Waals surface area contributed by atoms with Gasteiger partial charge >= 0.3 is 0 Å². The molecule has 2 rings (SSSR count). The van der Waals surface area contributed by atoms with Crippen LogP contribution in [-0.4, -0.2) is 12.1 Å². The minimum atomic E-state index is -0.398. The summed E-state index contributed by atoms with van der Waals surface area (Å²) in [6, 6.07) is 5.99. The molecule has 1 heterocycles. The summed E-state index contributed by atoms with van der Waals surface area (Å²) >= 11 is 9.27. The lowest BCUT2D eigenvalue weighted by Crippen LogP contribution is -1.96. The monoisotopic (exact) mass is 330 g/mol. The summed E-state index contributed by atoms with van der Waals surface area (Å²) in [6.07, 6.45) is 1.60. The van der Waals surface area contributed by atoms with Gasteiger partial charge in [0.2, 0.25) is 0 Å². The second-order valence-corrected chi connectivity index (χ2v) is 4.81. The highest BCUT2D eigenvalue weighted by Crippen LogP contribution is 2.28. The topological polar surface area (TPSA) is 34.1 Å². The molecule has 0 saturated heterocycles. The van der Waals surface area contributed by atoms with E-state index in [4.69, 9.17) is 16.3 Å². The summed E-state index contributed by atoms with van der Waals surface area (Å²) < 4.78 is 19.1. The van der Waals surface area contributed by atoms with E-state index in [0.29, 0.717) is 22.3 Å². The first-order valence-corrected chi connectivity index (χ1v) is 6.18. The van der Waals surface area contributed by atoms with Crippen LogP contribution < -0.4 is 10.1 Å². The van der Waals surface area contributed by atoms with Crippen LogP contribution in [0.2, 0.25) is 5.02 Å². The van der Waals surface area contributed by atoms with Crippen LogP contribution in [0.1, 0.15) is 0 Å². The van der Waals surface area contributed by atoms with Crippen molar-refractivity contribution in [3.63, 3.8) is 0 Å². The molecule has 6 heteroatoms. The van der Waals surface area contributed by atoms with Crippen LogP contribution in [-0.2, 0) is 0 Å². The van der Waals surface area contributed by atoms with E-state index in [1.165, 1.54) is 19.2 Å². The number of rotatable bonds is 3. The molecule has 0 atom stereocenters. The summed E-state index contributed by atoms with van der Waals surface area (Å²) in [7, 11) is 1.48. The molecule has 1 aromatic heterocycles. The molecule has 0 aliphatic heterocycles. The van der Waals surface area contributed by atoms with Gasteiger partial charge in [-0.25, -0.2) is 9.37 Å². The van der Waals surface area contributed by atoms with E-state index in [9.17, 15) is 4.39 Å². The Morgan fingerprint density at radius 2 is 2.11 bits per heavy atom. The van der Waals surface area contributed by atoms with Gasteiger partial charge in [-0.05, 0) is 28.1 Å². The maximum atomic E-state index is 13.3. The Morgan fingerprint density at radius 3 is 2.78 bits per heavy atom. The lowest BCUT2D eigenvalue weighted by atomic mass is 10.3. The maximum Gasteiger partial charge on any atom is 0.149 e. The third-order valence-corrected chi connectivity index (χ3v) is 2.90. The number of nitrogens with zero attached hydrogens (tertiary/aromatic N) is 1. The van der Waals surface area contributed by atoms with Crippen LogP contribution in [0.5, 0.6) is 5.75 Å². The molecule has 0 amide bonds. The first-order valence-electron chi connectivity index (χ1n) is 5.01. The normalized spacial score (nSPS) is 10.2. The zero-order chi connectivity index (χ0) is 13.1. The highest BCUT2D eigenvalue weighted by Gasteiger charge is 2.06. The fourth-order valence-electron chi connectivity index (χ4n) is 1.40. The number of anilines is 2. The molecule has 1 aromatic carbocycles. The summed E-state index contributed by atoms with van der Waals surface area (Å²) in [6.45, 7) is 0. The Balaban J connectivity index is 2.30. The van der Waals surface area contributed by atoms with Crippen molar-refractivity contribution in [2.75, 3.05) is 12.4 Å². The predicted molar refractivity (Wildman–Crippen MR) is 73.2 cm³/mol. The van der Waals surface area contributed by atoms with Crippen LogP contribution in [0.15, 0.2) is 34.9 Å². The fraction of sp³-hybridized carbons (Fsp3) is 0.0833. The second kappa shape index (κ2) is 5.54. The van der Waals surface area contributed by atoms with Gasteiger partial charge in [0.25, 0.3) is 0 Å². The lowest BCUT2D eigenvalue weighted by Gasteiger charge is -2.09. The van der Waals surface area contributed by atoms with Crippen LogP contribution >= 0.6 is 27.5 Å². The van der Waals surface area contributed by atoms with Gasteiger partial charge < -0.3 is 10.1 Å². The Labute approximate surface area is 117 Å². The molecule has 1 N–H and O–H groups in total. The van der Waals surface area contributed by atoms with E-state index >= 15 is 0 Å². The first kappa shape index (κ1) is 13.1. The molecule has 0 aliphatic rings. The van der Waals surface area contributed by atoms with Gasteiger partial charge in [-0.2, -0.15) is 0 Å². The molecular weight excluding hydrogens is 323 g/mol. The van der Waals surface area contributed by atoms with Crippen LogP contribution in [0.4, 0.5) is 15.9 Å². The van der Waals surface area contributed by atoms with E-state index in [-0.39, 0.29) is 0 Å². The molecule has 94 valence electrons. The molecule has 0 unspecified atom stereocenters. The number of pyridine rings is 1. The highest BCUT2D eigenvalue weighted by molar-refractivity contribution is 9.10. The molecule has 0 fully saturated rings. The summed E-state index contributed by atoms with van der Waals surface area (Å²) in [5, 5.41) is 3.37. The van der Waals surface area contributed by atoms with E-state index in [1.54, 1.807) is 18.3 Å². The van der Waals surface area contributed by atoms with Crippen molar-refractivity contribution in [1.29, 1.82) is 0 Å². The fourth-order valence-corrected chi connectivity index (χ4v) is 2.07. The van der Waals surface area contributed by atoms with Gasteiger partial charge in [-0.3, -0.25) is 0 Å². The van der Waals surface area contributed by atoms with Gasteiger partial charge in [0.05, 0.1) is 12.1 Å². The molecule has 0 radical (unpaired) electrons. The summed E-state index contributed by atoms with van der Waals surface area (Å²) in [5.74, 6) is 0.475. The largest absolute Gasteiger partial charge is 0.497 e. The van der Waals surface area contributed by atoms with Gasteiger partial charge in [-0.1, -0.05) is 11.6 Å². The molecule has 18 heavy (non-hydrogen) atoms. The lowest BCUT2D eigenvalue weighted by molar-refractivity contribution is 0.411. The van der Waals surface area contributed by atoms with Crippen molar-refractivity contribution in [2.45, 2.75) is 0 Å². The minimum absolute atomic E-state index is 0.398. The first-order chi connectivity index (χ1) is 8.58. The van der Waals surface area contributed by atoms with Gasteiger partial charge in [0, 0.05) is 28.5 Å². The molecule has 0 bridgehead atoms. The van der Waals surface area contributed by atoms with Crippen LogP contribution in [0.25, 0.3) is 0 Å². The molecule has 2 aromatic rings. The number of benzene rings is 1. The zero-order valence-electron chi connectivity index (χ0n) is 9.38. The Morgan fingerprint density at radius 1 is 1.33 bits per heavy atom. The average molecular weight is 332 g/mol. The van der Waals surface area contributed by atoms with Gasteiger partial charge in [0.15, 0.2) is 0 Å². The Bertz CT molecular complexity index is 580. The quantitative estimate of drug-likeness (QED) is 0.906. The number of hydrogen-bond donors (Lipinski definition) is 1. The van der Waals surface area contributed by atoms with Crippen molar-refractivity contribution >= 4 is 39.0 Å². The van der Waals surface area contributed by atoms with Crippen LogP contribution in [0.3, 0.4) is 0 Å². The van der Waals surface area contributed by atoms with Crippen molar-refractivity contribution in [3.05, 3.63) is 45.8 Å². The number of hydrogen-bond acceptors (Lipinski definition) is 3. The number of halogens is 3. The number of ether oxygens (including phenoxy) is 1. The molecule has 0 saturated carbocycles. The molecule has 0 spiro atoms. The third-order valence-electron chi connectivity index (χ3n) is 2.18. The number of nitrogens with one attached hydrogen (secondary N) is 1. The second-order valence-electron chi connectivity index (χ2n) is 3.49. The van der Waals surface area contributed by atoms with Gasteiger partial charge in [-0.15, -0.1) is 0 Å². The van der Waals surface area contributed by atoms with Crippen molar-refractivity contribution in [3.8, 4) is 5.75 Å². The third kappa shape index (κ3) is 3.11. The maximum absolute atomic E-state index is 13.3. The molecule has 0 aliphatic carbocycles. The van der Waals surface area contributed by atoms with Crippen molar-refractivity contribution in [1.82, 2.24) is 4.98 Å². The smallest absolute Gasteiger partial charge is 0.149 e. The van der Waals surface area contributed by atoms with Crippen molar-refractivity contribution in [2.24, 2.45) is 0 Å². The number of methoxy groups -OCH3 is 1. The predicted octanol–water partition coefficient (Wildman–Crippen LogP) is 4.39. The number of aromatic nitrogens is 1. The molecule has 3 nitrogen and oxygen atoms in total. The Kier molecular flexibility index (Phi) is 4.04. The standard InChI is InChI=1S/C12H9BrClFN2O/c1-18-10-4-8(15)3-9(5-10)17-12-11(14)2-7(13)6-16-12/h2-6H,1H3,(H,16,17). The Hall–Kier alpha value is -1.33. The zero-order valence-corrected chi connectivity index (χ0v) is 11.7. The van der Waals surface area contributed by atoms with E-state index in [0.717, 1.165) is 4.47 Å². The van der Waals surface area contributed by atoms with Crippen molar-refractivity contribution < 1.29 is 9.13 Å². The summed E-state index contributed by atoms with van der Waals surface area (Å²) in [4.78, 5) is 4.11. The van der Waals surface area contributed by atoms with E-state index in [1.807, 2.05) is 0 Å². The van der Waals surface area contributed by atoms with Crippen LogP contribution in [0, 0.1) is 5.82 Å². The van der Waals surface area contributed by atoms with E-state index < -0.39 is 5.82 Å².